The van der Waals surface area contributed by atoms with Gasteiger partial charge in [0, 0.05) is 0 Å². The van der Waals surface area contributed by atoms with Gasteiger partial charge >= 0.3 is 127 Å². The average Bonchev–Trinajstić information content (AvgIpc) is 3.01. The van der Waals surface area contributed by atoms with Crippen LogP contribution in [0.5, 0.6) is 11.8 Å². The Bertz CT molecular complexity index is 739. The number of ether oxygens (including phenoxy) is 2. The molecule has 108 valence electrons. The van der Waals surface area contributed by atoms with Gasteiger partial charge in [-0.05, 0) is 0 Å². The van der Waals surface area contributed by atoms with Gasteiger partial charge in [-0.1, -0.05) is 0 Å². The molecule has 0 saturated carbocycles. The van der Waals surface area contributed by atoms with Gasteiger partial charge in [-0.2, -0.15) is 0 Å². The summed E-state index contributed by atoms with van der Waals surface area (Å²) in [5, 5.41) is 3.33. The van der Waals surface area contributed by atoms with Crippen LogP contribution in [0.1, 0.15) is 5.56 Å². The third-order valence-electron chi connectivity index (χ3n) is 2.99. The van der Waals surface area contributed by atoms with Gasteiger partial charge in [0.25, 0.3) is 0 Å². The maximum atomic E-state index is 5.26. The van der Waals surface area contributed by atoms with Gasteiger partial charge in [-0.3, -0.25) is 0 Å². The van der Waals surface area contributed by atoms with Crippen molar-refractivity contribution >= 4 is 31.7 Å². The number of nitrogens with one attached hydrogen (secondary N) is 1. The van der Waals surface area contributed by atoms with Crippen LogP contribution < -0.4 is 14.8 Å². The zero-order valence-electron chi connectivity index (χ0n) is 11.5. The molecule has 0 aliphatic rings. The normalized spacial score (nSPS) is 10.6. The van der Waals surface area contributed by atoms with Crippen molar-refractivity contribution < 1.29 is 9.47 Å². The number of hydrogen-bond donors (Lipinski definition) is 1. The van der Waals surface area contributed by atoms with E-state index in [2.05, 4.69) is 23.2 Å². The molecule has 2 aromatic heterocycles. The summed E-state index contributed by atoms with van der Waals surface area (Å²) in [6.07, 6.45) is 1.41. The van der Waals surface area contributed by atoms with E-state index in [1.807, 2.05) is 18.2 Å². The second-order valence-corrected chi connectivity index (χ2v) is 5.27. The first-order valence-electron chi connectivity index (χ1n) is 6.20. The molecule has 3 aromatic rings. The fraction of sp³-hybridized carbons (Fsp3) is 0.231. The summed E-state index contributed by atoms with van der Waals surface area (Å²) >= 11 is -0.0502. The number of rotatable bonds is 5. The molecule has 1 aromatic carbocycles. The van der Waals surface area contributed by atoms with Crippen molar-refractivity contribution in [3.8, 4) is 11.8 Å². The van der Waals surface area contributed by atoms with Crippen LogP contribution in [-0.4, -0.2) is 47.1 Å². The summed E-state index contributed by atoms with van der Waals surface area (Å²) in [6.45, 7) is 0.478. The summed E-state index contributed by atoms with van der Waals surface area (Å²) in [5.74, 6) is 0.987. The molecule has 0 atom stereocenters. The molecule has 8 heteroatoms. The summed E-state index contributed by atoms with van der Waals surface area (Å²) in [4.78, 5) is 8.20. The zero-order valence-corrected chi connectivity index (χ0v) is 13.2. The number of nitrogens with zero attached hydrogens (tertiary/aromatic N) is 4. The monoisotopic (exact) mass is 351 g/mol. The molecular weight excluding hydrogens is 337 g/mol. The molecule has 0 aliphatic carbocycles. The van der Waals surface area contributed by atoms with Gasteiger partial charge < -0.3 is 0 Å². The molecule has 0 fully saturated rings. The molecule has 0 radical (unpaired) electrons. The Morgan fingerprint density at radius 3 is 2.57 bits per heavy atom. The van der Waals surface area contributed by atoms with Gasteiger partial charge in [-0.25, -0.2) is 0 Å². The Labute approximate surface area is 127 Å². The Kier molecular flexibility index (Phi) is 3.98. The summed E-state index contributed by atoms with van der Waals surface area (Å²) in [5.41, 5.74) is 3.54. The van der Waals surface area contributed by atoms with Crippen molar-refractivity contribution in [1.29, 1.82) is 0 Å². The Balaban J connectivity index is 1.90. The van der Waals surface area contributed by atoms with Crippen LogP contribution in [-0.2, 0) is 6.54 Å². The van der Waals surface area contributed by atoms with Gasteiger partial charge in [0.15, 0.2) is 0 Å². The third kappa shape index (κ3) is 2.68. The van der Waals surface area contributed by atoms with E-state index in [0.29, 0.717) is 18.3 Å². The minimum atomic E-state index is -0.0502. The maximum absolute atomic E-state index is 5.26. The zero-order chi connectivity index (χ0) is 14.7. The van der Waals surface area contributed by atoms with Crippen LogP contribution in [0.15, 0.2) is 24.5 Å². The second kappa shape index (κ2) is 6.07. The molecular formula is C13H13N5O2Se. The number of methoxy groups -OCH3 is 2. The van der Waals surface area contributed by atoms with Crippen molar-refractivity contribution in [1.82, 2.24) is 17.9 Å². The van der Waals surface area contributed by atoms with Crippen LogP contribution >= 0.6 is 0 Å². The van der Waals surface area contributed by atoms with E-state index < -0.39 is 0 Å². The van der Waals surface area contributed by atoms with Gasteiger partial charge in [-0.15, -0.1) is 0 Å². The predicted molar refractivity (Wildman–Crippen MR) is 78.9 cm³/mol. The summed E-state index contributed by atoms with van der Waals surface area (Å²) in [6, 6.07) is 5.89. The van der Waals surface area contributed by atoms with Crippen LogP contribution in [0.25, 0.3) is 11.0 Å². The number of aromatic nitrogens is 4. The molecule has 0 aliphatic heterocycles. The Morgan fingerprint density at radius 2 is 1.86 bits per heavy atom. The molecule has 0 bridgehead atoms. The quantitative estimate of drug-likeness (QED) is 0.690. The molecule has 1 N–H and O–H groups in total. The van der Waals surface area contributed by atoms with Gasteiger partial charge in [0.2, 0.25) is 0 Å². The minimum absolute atomic E-state index is 0.0502. The molecule has 7 nitrogen and oxygen atoms in total. The predicted octanol–water partition coefficient (Wildman–Crippen LogP) is 1.11. The van der Waals surface area contributed by atoms with Gasteiger partial charge in [0.05, 0.1) is 0 Å². The number of benzene rings is 1. The fourth-order valence-electron chi connectivity index (χ4n) is 2.02. The molecule has 3 rings (SSSR count). The summed E-state index contributed by atoms with van der Waals surface area (Å²) < 4.78 is 19.3. The average molecular weight is 350 g/mol. The van der Waals surface area contributed by atoms with Crippen molar-refractivity contribution in [2.45, 2.75) is 6.54 Å². The van der Waals surface area contributed by atoms with Crippen LogP contribution in [0.3, 0.4) is 0 Å². The molecule has 2 heterocycles. The van der Waals surface area contributed by atoms with Crippen molar-refractivity contribution in [2.24, 2.45) is 0 Å². The molecule has 0 spiro atoms. The van der Waals surface area contributed by atoms with Crippen LogP contribution in [0.2, 0.25) is 0 Å². The van der Waals surface area contributed by atoms with E-state index in [1.54, 1.807) is 14.2 Å². The molecule has 21 heavy (non-hydrogen) atoms. The summed E-state index contributed by atoms with van der Waals surface area (Å²) in [7, 11) is 3.14. The first-order chi connectivity index (χ1) is 10.3. The van der Waals surface area contributed by atoms with E-state index in [4.69, 9.17) is 9.47 Å². The third-order valence-corrected chi connectivity index (χ3v) is 4.13. The van der Waals surface area contributed by atoms with Crippen molar-refractivity contribution in [2.75, 3.05) is 19.5 Å². The molecule has 0 amide bonds. The van der Waals surface area contributed by atoms with Crippen molar-refractivity contribution in [3.05, 3.63) is 30.1 Å². The van der Waals surface area contributed by atoms with Crippen molar-refractivity contribution in [3.63, 3.8) is 0 Å². The molecule has 0 saturated heterocycles. The van der Waals surface area contributed by atoms with Gasteiger partial charge in [0.1, 0.15) is 0 Å². The number of fused-ring (bicyclic) bond motifs is 1. The Morgan fingerprint density at radius 1 is 1.10 bits per heavy atom. The Hall–Kier alpha value is -2.18. The standard InChI is InChI=1S/C13H13N5O2Se/c1-19-12-8(13(20-2)16-7-15-12)6-14-9-4-3-5-10-11(9)18-21-17-10/h3-5,7,14H,6H2,1-2H3. The van der Waals surface area contributed by atoms with Crippen LogP contribution in [0.4, 0.5) is 5.69 Å². The van der Waals surface area contributed by atoms with Crippen LogP contribution in [0, 0.1) is 0 Å². The molecule has 0 unspecified atom stereocenters. The first-order valence-corrected chi connectivity index (χ1v) is 7.73. The number of hydrogen-bond acceptors (Lipinski definition) is 7. The number of anilines is 1. The van der Waals surface area contributed by atoms with E-state index >= 15 is 0 Å². The van der Waals surface area contributed by atoms with E-state index in [0.717, 1.165) is 22.3 Å². The van der Waals surface area contributed by atoms with E-state index in [9.17, 15) is 0 Å². The topological polar surface area (TPSA) is 82.1 Å². The SMILES string of the molecule is COc1ncnc(OC)c1CNc1cccc2n[se]nc12. The van der Waals surface area contributed by atoms with E-state index in [1.165, 1.54) is 6.33 Å². The first kappa shape index (κ1) is 13.8. The fourth-order valence-corrected chi connectivity index (χ4v) is 3.17. The second-order valence-electron chi connectivity index (χ2n) is 4.16. The van der Waals surface area contributed by atoms with E-state index in [-0.39, 0.29) is 15.0 Å².